The molecule has 2 aromatic heterocycles. The number of phosphoric acid groups is 1. The Kier molecular flexibility index (Phi) is 14.7. The maximum Gasteiger partial charge on any atom is 0.470 e. The molecule has 0 aliphatic carbocycles. The number of ether oxygens (including phenoxy) is 1. The molecule has 3 rings (SSSR count). The maximum atomic E-state index is 12.9. The number of nitrogens with two attached hydrogens (primary N) is 1. The zero-order chi connectivity index (χ0) is 38.4. The molecule has 0 radical (unpaired) electrons. The Bertz CT molecular complexity index is 1720. The number of hydrogen-bond acceptors (Lipinski definition) is 17. The molecule has 51 heavy (non-hydrogen) atoms. The third-order valence-corrected chi connectivity index (χ3v) is 15.8. The van der Waals surface area contributed by atoms with E-state index in [4.69, 9.17) is 19.5 Å². The van der Waals surface area contributed by atoms with Gasteiger partial charge in [-0.3, -0.25) is 27.8 Å². The van der Waals surface area contributed by atoms with E-state index in [1.165, 1.54) is 21.0 Å². The van der Waals surface area contributed by atoms with Crippen LogP contribution in [0.15, 0.2) is 17.8 Å². The van der Waals surface area contributed by atoms with Crippen LogP contribution in [0.25, 0.3) is 11.2 Å². The van der Waals surface area contributed by atoms with Crippen LogP contribution in [-0.2, 0) is 46.4 Å². The van der Waals surface area contributed by atoms with E-state index < -0.39 is 91.4 Å². The van der Waals surface area contributed by atoms with Crippen molar-refractivity contribution in [1.29, 1.82) is 0 Å². The van der Waals surface area contributed by atoms with E-state index in [1.54, 1.807) is 6.92 Å². The number of phosphoric ester groups is 1. The third kappa shape index (κ3) is 12.5. The van der Waals surface area contributed by atoms with E-state index >= 15 is 0 Å². The number of carbonyl (C=O) groups excluding carboxylic acids is 2. The van der Waals surface area contributed by atoms with Crippen molar-refractivity contribution in [2.45, 2.75) is 57.8 Å². The number of oxime groups is 1. The minimum Gasteiger partial charge on any atom is -0.399 e. The van der Waals surface area contributed by atoms with Crippen molar-refractivity contribution in [3.8, 4) is 0 Å². The minimum absolute atomic E-state index is 0.0225. The number of carbonyl (C=O) groups is 2. The number of nitrogen functional groups attached to an aromatic ring is 1. The fraction of sp³-hybridized carbons (Fsp3) is 0.652. The van der Waals surface area contributed by atoms with Gasteiger partial charge in [-0.15, -0.1) is 0 Å². The highest BCUT2D eigenvalue weighted by Crippen LogP contribution is 2.80. The van der Waals surface area contributed by atoms with Crippen LogP contribution in [0, 0.1) is 5.41 Å². The van der Waals surface area contributed by atoms with Crippen LogP contribution in [0.3, 0.4) is 0 Å². The summed E-state index contributed by atoms with van der Waals surface area (Å²) in [5.74, 6) is -1.38. The van der Waals surface area contributed by atoms with Gasteiger partial charge >= 0.3 is 22.4 Å². The van der Waals surface area contributed by atoms with Crippen LogP contribution in [0.5, 0.6) is 0 Å². The number of aliphatic hydroxyl groups is 2. The molecular formula is C23H40N8O16P4. The van der Waals surface area contributed by atoms with Gasteiger partial charge in [0.2, 0.25) is 11.8 Å². The molecule has 10 N–H and O–H groups in total. The van der Waals surface area contributed by atoms with Crippen LogP contribution >= 0.6 is 30.3 Å². The van der Waals surface area contributed by atoms with E-state index in [-0.39, 0.29) is 36.5 Å². The highest BCUT2D eigenvalue weighted by Gasteiger charge is 2.50. The molecule has 1 saturated heterocycles. The summed E-state index contributed by atoms with van der Waals surface area (Å²) in [6.45, 7) is 2.46. The summed E-state index contributed by atoms with van der Waals surface area (Å²) < 4.78 is 58.7. The van der Waals surface area contributed by atoms with Crippen molar-refractivity contribution in [3.05, 3.63) is 12.7 Å². The number of fused-ring (bicyclic) bond motifs is 1. The first kappa shape index (κ1) is 42.9. The Labute approximate surface area is 291 Å². The van der Waals surface area contributed by atoms with Gasteiger partial charge in [0.15, 0.2) is 17.7 Å². The normalized spacial score (nSPS) is 23.2. The largest absolute Gasteiger partial charge is 0.470 e. The number of amides is 2. The number of anilines is 1. The number of rotatable bonds is 19. The highest BCUT2D eigenvalue weighted by molar-refractivity contribution is 8.51. The fourth-order valence-corrected chi connectivity index (χ4v) is 11.9. The quantitative estimate of drug-likeness (QED) is 0.0471. The van der Waals surface area contributed by atoms with Crippen LogP contribution in [0.4, 0.5) is 5.82 Å². The van der Waals surface area contributed by atoms with Gasteiger partial charge in [0.05, 0.1) is 31.8 Å². The lowest BCUT2D eigenvalue weighted by molar-refractivity contribution is -0.136. The lowest BCUT2D eigenvalue weighted by Crippen LogP contribution is -2.46. The average Bonchev–Trinajstić information content (AvgIpc) is 3.58. The van der Waals surface area contributed by atoms with Gasteiger partial charge in [0.1, 0.15) is 51.3 Å². The van der Waals surface area contributed by atoms with Crippen molar-refractivity contribution in [2.75, 3.05) is 39.1 Å². The lowest BCUT2D eigenvalue weighted by Gasteiger charge is -2.30. The molecule has 1 aliphatic heterocycles. The molecule has 0 saturated carbocycles. The van der Waals surface area contributed by atoms with Crippen molar-refractivity contribution in [1.82, 2.24) is 30.2 Å². The molecule has 3 heterocycles. The molecule has 1 aliphatic rings. The first-order chi connectivity index (χ1) is 23.6. The van der Waals surface area contributed by atoms with Gasteiger partial charge in [-0.2, -0.15) is 0 Å². The molecular weight excluding hydrogens is 768 g/mol. The Morgan fingerprint density at radius 3 is 2.45 bits per heavy atom. The van der Waals surface area contributed by atoms with Crippen molar-refractivity contribution >= 4 is 64.9 Å². The molecule has 8 unspecified atom stereocenters. The topological polar surface area (TPSA) is 359 Å². The zero-order valence-electron chi connectivity index (χ0n) is 27.5. The summed E-state index contributed by atoms with van der Waals surface area (Å²) in [5.41, 5.74) is 4.92. The highest BCUT2D eigenvalue weighted by atomic mass is 32.5. The Hall–Kier alpha value is -2.52. The minimum atomic E-state index is -5.28. The Balaban J connectivity index is 1.57. The molecule has 2 aromatic rings. The Morgan fingerprint density at radius 2 is 1.80 bits per heavy atom. The van der Waals surface area contributed by atoms with E-state index in [2.05, 4.69) is 40.1 Å². The maximum absolute atomic E-state index is 12.9. The van der Waals surface area contributed by atoms with E-state index in [0.717, 1.165) is 17.2 Å². The summed E-state index contributed by atoms with van der Waals surface area (Å²) in [6.07, 6.45) is -6.51. The van der Waals surface area contributed by atoms with Crippen LogP contribution in [0.1, 0.15) is 33.4 Å². The van der Waals surface area contributed by atoms with Gasteiger partial charge in [0, 0.05) is 18.4 Å². The molecule has 28 heteroatoms. The molecule has 0 aromatic carbocycles. The number of nitrogens with one attached hydrogen (secondary N) is 2. The average molecular weight is 809 g/mol. The van der Waals surface area contributed by atoms with Gasteiger partial charge in [-0.05, 0) is 6.92 Å². The second-order valence-electron chi connectivity index (χ2n) is 11.6. The predicted octanol–water partition coefficient (Wildman–Crippen LogP) is -0.911. The molecule has 288 valence electrons. The smallest absolute Gasteiger partial charge is 0.399 e. The number of hydrogen-bond donors (Lipinski definition) is 9. The van der Waals surface area contributed by atoms with Gasteiger partial charge in [-0.1, -0.05) is 19.0 Å². The standard InChI is InChI=1S/C23H40N8O16P4/c1-12(30-43-4)7-26-14(32)5-6-25-21(35)18(34)23(2,3)9-45-51(41,42)48-50(39,40)44-8-13-17(47-49(36,37)38)16(33)22(46-13)31-11-29-15-19(24)27-10-28-20(15)31/h10-11,13,16-18,22,33-34,48H,5-9H2,1-4H3,(H,25,35)(H,26,32)(H,39,40)(H,41,42)(H2,24,27,28)(H2,36,37,38)/b30-12+. The summed E-state index contributed by atoms with van der Waals surface area (Å²) >= 11 is 0. The first-order valence-corrected chi connectivity index (χ1v) is 22.0. The molecule has 8 atom stereocenters. The van der Waals surface area contributed by atoms with Crippen molar-refractivity contribution in [2.24, 2.45) is 10.6 Å². The van der Waals surface area contributed by atoms with E-state index in [1.807, 2.05) is 0 Å². The number of imidazole rings is 1. The molecule has 0 bridgehead atoms. The van der Waals surface area contributed by atoms with E-state index in [9.17, 15) is 53.1 Å². The second kappa shape index (κ2) is 17.5. The summed E-state index contributed by atoms with van der Waals surface area (Å²) in [4.78, 5) is 80.3. The summed E-state index contributed by atoms with van der Waals surface area (Å²) in [6, 6.07) is 0. The van der Waals surface area contributed by atoms with Crippen LogP contribution < -0.4 is 16.4 Å². The molecule has 0 spiro atoms. The number of aromatic nitrogens is 4. The summed E-state index contributed by atoms with van der Waals surface area (Å²) in [7, 11) is -15.7. The van der Waals surface area contributed by atoms with Crippen LogP contribution in [0.2, 0.25) is 0 Å². The van der Waals surface area contributed by atoms with Gasteiger partial charge in [-0.25, -0.2) is 19.5 Å². The first-order valence-electron chi connectivity index (χ1n) is 14.6. The predicted molar refractivity (Wildman–Crippen MR) is 177 cm³/mol. The molecule has 1 fully saturated rings. The summed E-state index contributed by atoms with van der Waals surface area (Å²) in [5, 5.41) is 29.9. The van der Waals surface area contributed by atoms with Gasteiger partial charge < -0.3 is 64.8 Å². The second-order valence-corrected chi connectivity index (χ2v) is 21.4. The van der Waals surface area contributed by atoms with E-state index in [0.29, 0.717) is 5.71 Å². The fourth-order valence-electron chi connectivity index (χ4n) is 4.41. The SMILES string of the molecule is CO/N=C(\C)CNC(=O)CCNC(=O)C(O)C(C)(C)COP(=O)(O)PP(=O)(O)OCC1OC(n2cnc3c(N)ncnc32)C(O)C1OP(=O)(O)O. The van der Waals surface area contributed by atoms with Crippen molar-refractivity contribution in [3.63, 3.8) is 0 Å². The third-order valence-electron chi connectivity index (χ3n) is 6.94. The van der Waals surface area contributed by atoms with Crippen LogP contribution in [-0.4, -0.2) is 125 Å². The van der Waals surface area contributed by atoms with Crippen molar-refractivity contribution < 1.29 is 76.2 Å². The van der Waals surface area contributed by atoms with Gasteiger partial charge in [0.25, 0.3) is 0 Å². The number of aliphatic hydroxyl groups excluding tert-OH is 2. The lowest BCUT2D eigenvalue weighted by atomic mass is 9.87. The monoisotopic (exact) mass is 808 g/mol. The Morgan fingerprint density at radius 1 is 1.14 bits per heavy atom. The number of nitrogens with zero attached hydrogens (tertiary/aromatic N) is 5. The zero-order valence-corrected chi connectivity index (χ0v) is 31.2. The molecule has 24 nitrogen and oxygen atoms in total. The molecule has 2 amide bonds.